The molecule has 0 fully saturated rings. The van der Waals surface area contributed by atoms with E-state index in [4.69, 9.17) is 32.7 Å². The highest BCUT2D eigenvalue weighted by atomic mass is 35.5. The third-order valence-electron chi connectivity index (χ3n) is 5.40. The molecule has 8 heteroatoms. The van der Waals surface area contributed by atoms with Crippen LogP contribution < -0.4 is 14.8 Å². The summed E-state index contributed by atoms with van der Waals surface area (Å²) in [5, 5.41) is 13.3. The van der Waals surface area contributed by atoms with Crippen molar-refractivity contribution in [1.82, 2.24) is 0 Å². The molecule has 0 aliphatic heterocycles. The molecule has 38 heavy (non-hydrogen) atoms. The van der Waals surface area contributed by atoms with Crippen LogP contribution >= 0.6 is 23.2 Å². The van der Waals surface area contributed by atoms with Crippen molar-refractivity contribution >= 4 is 40.9 Å². The van der Waals surface area contributed by atoms with Crippen LogP contribution in [0.1, 0.15) is 16.7 Å². The van der Waals surface area contributed by atoms with Gasteiger partial charge in [-0.1, -0.05) is 53.5 Å². The molecule has 0 aliphatic carbocycles. The Morgan fingerprint density at radius 1 is 0.868 bits per heavy atom. The van der Waals surface area contributed by atoms with Crippen LogP contribution in [-0.4, -0.2) is 5.91 Å². The molecule has 0 bridgehead atoms. The molecule has 1 N–H and O–H groups in total. The van der Waals surface area contributed by atoms with Crippen LogP contribution in [0.4, 0.5) is 10.1 Å². The van der Waals surface area contributed by atoms with Crippen LogP contribution in [0.5, 0.6) is 11.5 Å². The van der Waals surface area contributed by atoms with Crippen molar-refractivity contribution in [2.24, 2.45) is 0 Å². The molecule has 4 aromatic carbocycles. The number of nitriles is 1. The Balaban J connectivity index is 1.32. The Hall–Kier alpha value is -4.31. The lowest BCUT2D eigenvalue weighted by Gasteiger charge is -2.10. The summed E-state index contributed by atoms with van der Waals surface area (Å²) in [5.41, 5.74) is 2.75. The van der Waals surface area contributed by atoms with Crippen LogP contribution in [0.25, 0.3) is 6.08 Å². The van der Waals surface area contributed by atoms with Gasteiger partial charge in [-0.15, -0.1) is 0 Å². The Kier molecular flexibility index (Phi) is 8.99. The van der Waals surface area contributed by atoms with Gasteiger partial charge in [-0.2, -0.15) is 5.26 Å². The Bertz CT molecular complexity index is 1480. The number of nitrogens with zero attached hydrogens (tertiary/aromatic N) is 1. The maximum atomic E-state index is 13.0. The Morgan fingerprint density at radius 3 is 2.13 bits per heavy atom. The third kappa shape index (κ3) is 7.59. The molecule has 0 aromatic heterocycles. The van der Waals surface area contributed by atoms with Crippen molar-refractivity contribution in [2.45, 2.75) is 13.2 Å². The molecule has 4 rings (SSSR count). The first-order valence-electron chi connectivity index (χ1n) is 11.5. The van der Waals surface area contributed by atoms with Gasteiger partial charge in [-0.25, -0.2) is 4.39 Å². The van der Waals surface area contributed by atoms with E-state index in [2.05, 4.69) is 5.32 Å². The predicted molar refractivity (Wildman–Crippen MR) is 147 cm³/mol. The minimum absolute atomic E-state index is 0.0531. The Morgan fingerprint density at radius 2 is 1.50 bits per heavy atom. The average Bonchev–Trinajstić information content (AvgIpc) is 2.92. The molecule has 0 aliphatic rings. The number of ether oxygens (including phenoxy) is 2. The number of benzene rings is 4. The second-order valence-electron chi connectivity index (χ2n) is 8.16. The normalized spacial score (nSPS) is 10.9. The van der Waals surface area contributed by atoms with Crippen molar-refractivity contribution < 1.29 is 18.7 Å². The lowest BCUT2D eigenvalue weighted by atomic mass is 10.1. The average molecular weight is 547 g/mol. The number of rotatable bonds is 9. The van der Waals surface area contributed by atoms with Gasteiger partial charge >= 0.3 is 0 Å². The van der Waals surface area contributed by atoms with E-state index in [-0.39, 0.29) is 18.0 Å². The lowest BCUT2D eigenvalue weighted by molar-refractivity contribution is -0.112. The number of halogens is 3. The molecule has 1 amide bonds. The van der Waals surface area contributed by atoms with Crippen LogP contribution in [0.3, 0.4) is 0 Å². The van der Waals surface area contributed by atoms with E-state index in [0.717, 1.165) is 11.1 Å². The van der Waals surface area contributed by atoms with Crippen LogP contribution in [0, 0.1) is 17.1 Å². The summed E-state index contributed by atoms with van der Waals surface area (Å²) < 4.78 is 24.5. The zero-order chi connectivity index (χ0) is 26.9. The number of anilines is 1. The number of carbonyl (C=O) groups excluding carboxylic acids is 1. The number of hydrogen-bond donors (Lipinski definition) is 1. The van der Waals surface area contributed by atoms with Gasteiger partial charge in [0.15, 0.2) is 0 Å². The SMILES string of the molecule is N#C/C(=C\c1ccc(OCc2ccc(F)cc2)cc1)C(=O)Nc1ccc(OCc2ccc(Cl)cc2Cl)cc1. The molecule has 0 saturated heterocycles. The summed E-state index contributed by atoms with van der Waals surface area (Å²) >= 11 is 12.1. The quantitative estimate of drug-likeness (QED) is 0.171. The Labute approximate surface area is 229 Å². The minimum atomic E-state index is -0.536. The summed E-state index contributed by atoms with van der Waals surface area (Å²) in [4.78, 5) is 12.6. The van der Waals surface area contributed by atoms with E-state index in [9.17, 15) is 14.4 Å². The smallest absolute Gasteiger partial charge is 0.266 e. The highest BCUT2D eigenvalue weighted by Gasteiger charge is 2.10. The van der Waals surface area contributed by atoms with Gasteiger partial charge in [-0.05, 0) is 77.9 Å². The van der Waals surface area contributed by atoms with Crippen LogP contribution in [-0.2, 0) is 18.0 Å². The second kappa shape index (κ2) is 12.8. The first-order valence-corrected chi connectivity index (χ1v) is 12.2. The number of amides is 1. The highest BCUT2D eigenvalue weighted by molar-refractivity contribution is 6.35. The van der Waals surface area contributed by atoms with Crippen molar-refractivity contribution in [1.29, 1.82) is 5.26 Å². The maximum absolute atomic E-state index is 13.0. The molecule has 190 valence electrons. The van der Waals surface area contributed by atoms with E-state index < -0.39 is 5.91 Å². The molecule has 5 nitrogen and oxygen atoms in total. The number of hydrogen-bond acceptors (Lipinski definition) is 4. The van der Waals surface area contributed by atoms with E-state index in [1.807, 2.05) is 6.07 Å². The zero-order valence-electron chi connectivity index (χ0n) is 20.0. The van der Waals surface area contributed by atoms with E-state index >= 15 is 0 Å². The summed E-state index contributed by atoms with van der Waals surface area (Å²) in [6.45, 7) is 0.555. The molecule has 0 spiro atoms. The fourth-order valence-corrected chi connectivity index (χ4v) is 3.82. The maximum Gasteiger partial charge on any atom is 0.266 e. The molecule has 0 unspecified atom stereocenters. The van der Waals surface area contributed by atoms with Crippen molar-refractivity contribution in [3.05, 3.63) is 129 Å². The van der Waals surface area contributed by atoms with Crippen LogP contribution in [0.15, 0.2) is 96.6 Å². The van der Waals surface area contributed by atoms with Gasteiger partial charge in [0.1, 0.15) is 42.2 Å². The summed E-state index contributed by atoms with van der Waals surface area (Å²) in [5.74, 6) is 0.358. The fraction of sp³-hybridized carbons (Fsp3) is 0.0667. The standard InChI is InChI=1S/C30H21Cl2FN2O3/c31-24-6-5-22(29(32)16-24)19-38-28-13-9-26(10-14-28)35-30(36)23(17-34)15-20-3-11-27(12-4-20)37-18-21-1-7-25(33)8-2-21/h1-16H,18-19H2,(H,35,36)/b23-15+. The summed E-state index contributed by atoms with van der Waals surface area (Å²) in [6.07, 6.45) is 1.49. The van der Waals surface area contributed by atoms with Gasteiger partial charge < -0.3 is 14.8 Å². The van der Waals surface area contributed by atoms with E-state index in [1.54, 1.807) is 78.9 Å². The molecule has 0 heterocycles. The largest absolute Gasteiger partial charge is 0.489 e. The number of nitrogens with one attached hydrogen (secondary N) is 1. The predicted octanol–water partition coefficient (Wildman–Crippen LogP) is 7.84. The monoisotopic (exact) mass is 546 g/mol. The molecule has 0 atom stereocenters. The van der Waals surface area contributed by atoms with Gasteiger partial charge in [-0.3, -0.25) is 4.79 Å². The topological polar surface area (TPSA) is 71.3 Å². The summed E-state index contributed by atoms with van der Waals surface area (Å²) in [6, 6.07) is 26.9. The molecular weight excluding hydrogens is 526 g/mol. The first-order chi connectivity index (χ1) is 18.4. The van der Waals surface area contributed by atoms with Crippen molar-refractivity contribution in [3.63, 3.8) is 0 Å². The van der Waals surface area contributed by atoms with Crippen molar-refractivity contribution in [2.75, 3.05) is 5.32 Å². The molecule has 0 radical (unpaired) electrons. The first kappa shape index (κ1) is 26.7. The lowest BCUT2D eigenvalue weighted by Crippen LogP contribution is -2.13. The summed E-state index contributed by atoms with van der Waals surface area (Å²) in [7, 11) is 0. The van der Waals surface area contributed by atoms with Gasteiger partial charge in [0, 0.05) is 21.3 Å². The van der Waals surface area contributed by atoms with Crippen molar-refractivity contribution in [3.8, 4) is 17.6 Å². The minimum Gasteiger partial charge on any atom is -0.489 e. The highest BCUT2D eigenvalue weighted by Crippen LogP contribution is 2.24. The zero-order valence-corrected chi connectivity index (χ0v) is 21.5. The molecular formula is C30H21Cl2FN2O3. The van der Waals surface area contributed by atoms with Gasteiger partial charge in [0.2, 0.25) is 0 Å². The van der Waals surface area contributed by atoms with E-state index in [0.29, 0.717) is 39.4 Å². The fourth-order valence-electron chi connectivity index (χ4n) is 3.36. The van der Waals surface area contributed by atoms with Gasteiger partial charge in [0.25, 0.3) is 5.91 Å². The third-order valence-corrected chi connectivity index (χ3v) is 5.98. The number of carbonyl (C=O) groups is 1. The molecule has 0 saturated carbocycles. The second-order valence-corrected chi connectivity index (χ2v) is 9.00. The molecule has 4 aromatic rings. The van der Waals surface area contributed by atoms with Crippen LogP contribution in [0.2, 0.25) is 10.0 Å². The van der Waals surface area contributed by atoms with E-state index in [1.165, 1.54) is 18.2 Å². The van der Waals surface area contributed by atoms with Gasteiger partial charge in [0.05, 0.1) is 0 Å².